The smallest absolute Gasteiger partial charge is 0.315 e. The molecule has 2 heterocycles. The summed E-state index contributed by atoms with van der Waals surface area (Å²) < 4.78 is 11.8. The van der Waals surface area contributed by atoms with E-state index in [1.165, 1.54) is 19.3 Å². The summed E-state index contributed by atoms with van der Waals surface area (Å²) in [7, 11) is 0. The highest BCUT2D eigenvalue weighted by Gasteiger charge is 2.65. The molecule has 4 nitrogen and oxygen atoms in total. The second kappa shape index (κ2) is 5.45. The van der Waals surface area contributed by atoms with Crippen LogP contribution in [0, 0.1) is 29.1 Å². The van der Waals surface area contributed by atoms with Crippen LogP contribution in [-0.2, 0) is 14.3 Å². The van der Waals surface area contributed by atoms with E-state index in [1.54, 1.807) is 0 Å². The highest BCUT2D eigenvalue weighted by atomic mass is 16.6. The molecule has 0 aromatic heterocycles. The average Bonchev–Trinajstić information content (AvgIpc) is 3.17. The Bertz CT molecular complexity index is 487. The van der Waals surface area contributed by atoms with Gasteiger partial charge in [-0.2, -0.15) is 0 Å². The van der Waals surface area contributed by atoms with Crippen LogP contribution in [0.25, 0.3) is 0 Å². The lowest BCUT2D eigenvalue weighted by atomic mass is 9.53. The standard InChI is InChI=1S/C19H31NO3/c1-12(2)9-20-10-14-13-7-16-18(3,8-15(13)23-17(14)21)5-4-6-19(16)11-22-19/h12-16,20H,4-11H2,1-3H3/p+1/t13-,14+,15+,16-,18+,19-/m1/s1. The first-order valence-corrected chi connectivity index (χ1v) is 9.60. The summed E-state index contributed by atoms with van der Waals surface area (Å²) in [4.78, 5) is 12.4. The Morgan fingerprint density at radius 1 is 1.35 bits per heavy atom. The van der Waals surface area contributed by atoms with Crippen molar-refractivity contribution >= 4 is 5.97 Å². The third-order valence-electron chi connectivity index (χ3n) is 7.14. The van der Waals surface area contributed by atoms with E-state index >= 15 is 0 Å². The monoisotopic (exact) mass is 322 g/mol. The summed E-state index contributed by atoms with van der Waals surface area (Å²) in [5.41, 5.74) is 0.475. The van der Waals surface area contributed by atoms with Crippen LogP contribution in [0.3, 0.4) is 0 Å². The van der Waals surface area contributed by atoms with Gasteiger partial charge < -0.3 is 14.8 Å². The van der Waals surface area contributed by atoms with Gasteiger partial charge in [0.2, 0.25) is 0 Å². The lowest BCUT2D eigenvalue weighted by Gasteiger charge is -2.51. The molecule has 0 radical (unpaired) electrons. The molecule has 23 heavy (non-hydrogen) atoms. The summed E-state index contributed by atoms with van der Waals surface area (Å²) in [6.07, 6.45) is 6.11. The highest BCUT2D eigenvalue weighted by Crippen LogP contribution is 2.62. The third-order valence-corrected chi connectivity index (χ3v) is 7.14. The van der Waals surface area contributed by atoms with Gasteiger partial charge in [-0.05, 0) is 43.4 Å². The number of nitrogens with two attached hydrogens (primary N) is 1. The second-order valence-corrected chi connectivity index (χ2v) is 9.25. The predicted octanol–water partition coefficient (Wildman–Crippen LogP) is 1.73. The second-order valence-electron chi connectivity index (χ2n) is 9.25. The molecule has 2 aliphatic carbocycles. The Morgan fingerprint density at radius 2 is 2.13 bits per heavy atom. The van der Waals surface area contributed by atoms with E-state index in [4.69, 9.17) is 9.47 Å². The maximum Gasteiger partial charge on any atom is 0.315 e. The lowest BCUT2D eigenvalue weighted by Crippen LogP contribution is -2.87. The van der Waals surface area contributed by atoms with Crippen molar-refractivity contribution in [1.29, 1.82) is 0 Å². The number of hydrogen-bond acceptors (Lipinski definition) is 3. The van der Waals surface area contributed by atoms with E-state index in [0.29, 0.717) is 23.2 Å². The number of carbonyl (C=O) groups excluding carboxylic acids is 1. The molecule has 130 valence electrons. The number of quaternary nitrogens is 1. The lowest BCUT2D eigenvalue weighted by molar-refractivity contribution is -0.664. The summed E-state index contributed by atoms with van der Waals surface area (Å²) in [5.74, 6) is 1.88. The van der Waals surface area contributed by atoms with E-state index in [2.05, 4.69) is 26.1 Å². The van der Waals surface area contributed by atoms with Gasteiger partial charge in [0.1, 0.15) is 12.0 Å². The Balaban J connectivity index is 1.49. The van der Waals surface area contributed by atoms with Crippen LogP contribution in [0.4, 0.5) is 0 Å². The molecule has 6 atom stereocenters. The van der Waals surface area contributed by atoms with Gasteiger partial charge in [-0.3, -0.25) is 4.79 Å². The van der Waals surface area contributed by atoms with Crippen molar-refractivity contribution in [1.82, 2.24) is 0 Å². The van der Waals surface area contributed by atoms with Gasteiger partial charge in [-0.25, -0.2) is 0 Å². The van der Waals surface area contributed by atoms with Crippen LogP contribution in [0.1, 0.15) is 52.9 Å². The molecular weight excluding hydrogens is 290 g/mol. The Labute approximate surface area is 139 Å². The van der Waals surface area contributed by atoms with E-state index in [1.807, 2.05) is 0 Å². The van der Waals surface area contributed by atoms with E-state index in [9.17, 15) is 4.79 Å². The first-order chi connectivity index (χ1) is 10.9. The molecule has 2 aliphatic heterocycles. The summed E-state index contributed by atoms with van der Waals surface area (Å²) in [6.45, 7) is 9.82. The molecule has 0 amide bonds. The minimum absolute atomic E-state index is 0.0630. The van der Waals surface area contributed by atoms with Crippen molar-refractivity contribution < 1.29 is 19.6 Å². The molecule has 2 saturated heterocycles. The average molecular weight is 322 g/mol. The molecule has 4 aliphatic rings. The Hall–Kier alpha value is -0.610. The zero-order valence-corrected chi connectivity index (χ0v) is 14.8. The van der Waals surface area contributed by atoms with Crippen LogP contribution >= 0.6 is 0 Å². The summed E-state index contributed by atoms with van der Waals surface area (Å²) in [6, 6.07) is 0. The van der Waals surface area contributed by atoms with E-state index < -0.39 is 0 Å². The molecule has 0 aromatic carbocycles. The first-order valence-electron chi connectivity index (χ1n) is 9.60. The molecular formula is C19H32NO3+. The Kier molecular flexibility index (Phi) is 3.77. The topological polar surface area (TPSA) is 55.4 Å². The largest absolute Gasteiger partial charge is 0.462 e. The van der Waals surface area contributed by atoms with Gasteiger partial charge >= 0.3 is 5.97 Å². The molecule has 4 rings (SSSR count). The van der Waals surface area contributed by atoms with Gasteiger partial charge in [0.15, 0.2) is 0 Å². The van der Waals surface area contributed by atoms with Crippen molar-refractivity contribution in [3.05, 3.63) is 0 Å². The van der Waals surface area contributed by atoms with E-state index in [-0.39, 0.29) is 23.6 Å². The quantitative estimate of drug-likeness (QED) is 0.633. The maximum absolute atomic E-state index is 12.4. The van der Waals surface area contributed by atoms with Gasteiger partial charge in [-0.1, -0.05) is 20.8 Å². The predicted molar refractivity (Wildman–Crippen MR) is 86.7 cm³/mol. The van der Waals surface area contributed by atoms with Crippen LogP contribution in [0.15, 0.2) is 0 Å². The van der Waals surface area contributed by atoms with Crippen LogP contribution in [-0.4, -0.2) is 37.4 Å². The number of hydrogen-bond donors (Lipinski definition) is 1. The van der Waals surface area contributed by atoms with Crippen molar-refractivity contribution in [3.63, 3.8) is 0 Å². The molecule has 4 fully saturated rings. The number of rotatable bonds is 4. The first kappa shape index (κ1) is 15.9. The van der Waals surface area contributed by atoms with Crippen molar-refractivity contribution in [3.8, 4) is 0 Å². The van der Waals surface area contributed by atoms with Gasteiger partial charge in [0.25, 0.3) is 0 Å². The fourth-order valence-electron chi connectivity index (χ4n) is 5.84. The molecule has 1 spiro atoms. The highest BCUT2D eigenvalue weighted by molar-refractivity contribution is 5.75. The molecule has 2 N–H and O–H groups in total. The molecule has 0 unspecified atom stereocenters. The Morgan fingerprint density at radius 3 is 2.83 bits per heavy atom. The van der Waals surface area contributed by atoms with Gasteiger partial charge in [-0.15, -0.1) is 0 Å². The van der Waals surface area contributed by atoms with E-state index in [0.717, 1.165) is 32.5 Å². The number of epoxide rings is 1. The van der Waals surface area contributed by atoms with Gasteiger partial charge in [0, 0.05) is 11.8 Å². The molecule has 2 saturated carbocycles. The molecule has 0 bridgehead atoms. The number of ether oxygens (including phenoxy) is 2. The normalized spacial score (nSPS) is 48.3. The fraction of sp³-hybridized carbons (Fsp3) is 0.947. The van der Waals surface area contributed by atoms with Crippen molar-refractivity contribution in [2.24, 2.45) is 29.1 Å². The number of fused-ring (bicyclic) bond motifs is 3. The molecule has 4 heteroatoms. The SMILES string of the molecule is CC(C)C[NH2+]C[C@@H]1C(=O)O[C@H]2C[C@]3(C)CCC[C@@]4(CO4)[C@@H]3C[C@@H]21. The minimum Gasteiger partial charge on any atom is -0.462 e. The zero-order chi connectivity index (χ0) is 16.2. The summed E-state index contributed by atoms with van der Waals surface area (Å²) >= 11 is 0. The molecule has 0 aromatic rings. The third kappa shape index (κ3) is 2.62. The minimum atomic E-state index is 0.0630. The van der Waals surface area contributed by atoms with Crippen LogP contribution in [0.2, 0.25) is 0 Å². The maximum atomic E-state index is 12.4. The zero-order valence-electron chi connectivity index (χ0n) is 14.8. The number of esters is 1. The summed E-state index contributed by atoms with van der Waals surface area (Å²) in [5, 5.41) is 2.32. The number of carbonyl (C=O) groups is 1. The van der Waals surface area contributed by atoms with Crippen molar-refractivity contribution in [2.75, 3.05) is 19.7 Å². The van der Waals surface area contributed by atoms with Crippen molar-refractivity contribution in [2.45, 2.75) is 64.6 Å². The van der Waals surface area contributed by atoms with Gasteiger partial charge in [0.05, 0.1) is 25.3 Å². The van der Waals surface area contributed by atoms with Crippen LogP contribution < -0.4 is 5.32 Å². The van der Waals surface area contributed by atoms with Crippen LogP contribution in [0.5, 0.6) is 0 Å². The fourth-order valence-corrected chi connectivity index (χ4v) is 5.84.